The van der Waals surface area contributed by atoms with Crippen LogP contribution in [0.4, 0.5) is 0 Å². The fraction of sp³-hybridized carbons (Fsp3) is 0.364. The molecule has 0 spiro atoms. The Balaban J connectivity index is 2.67. The lowest BCUT2D eigenvalue weighted by Crippen LogP contribution is -2.21. The van der Waals surface area contributed by atoms with Gasteiger partial charge in [0.25, 0.3) is 0 Å². The van der Waals surface area contributed by atoms with E-state index in [-0.39, 0.29) is 11.8 Å². The fourth-order valence-electron chi connectivity index (χ4n) is 1.09. The fourth-order valence-corrected chi connectivity index (χ4v) is 2.68. The van der Waals surface area contributed by atoms with Crippen LogP contribution in [0.15, 0.2) is 34.1 Å². The van der Waals surface area contributed by atoms with Gasteiger partial charge in [0.2, 0.25) is 0 Å². The summed E-state index contributed by atoms with van der Waals surface area (Å²) in [5.74, 6) is 0.910. The monoisotopic (exact) mass is 272 g/mol. The quantitative estimate of drug-likeness (QED) is 0.486. The molecule has 17 heavy (non-hydrogen) atoms. The molecule has 1 rings (SSSR count). The number of sulfone groups is 1. The topological polar surface area (TPSA) is 84.0 Å². The van der Waals surface area contributed by atoms with Crippen molar-refractivity contribution in [3.05, 3.63) is 24.3 Å². The Kier molecular flexibility index (Phi) is 4.59. The second-order valence-electron chi connectivity index (χ2n) is 3.91. The van der Waals surface area contributed by atoms with Crippen LogP contribution in [-0.4, -0.2) is 26.3 Å². The molecule has 1 aromatic carbocycles. The van der Waals surface area contributed by atoms with E-state index in [0.717, 1.165) is 4.90 Å². The molecule has 6 heteroatoms. The number of rotatable bonds is 5. The molecule has 0 fully saturated rings. The summed E-state index contributed by atoms with van der Waals surface area (Å²) in [6.45, 7) is 1.89. The summed E-state index contributed by atoms with van der Waals surface area (Å²) in [5, 5.41) is 7.27. The minimum absolute atomic E-state index is 0.0228. The van der Waals surface area contributed by atoms with E-state index in [1.54, 1.807) is 36.0 Å². The van der Waals surface area contributed by atoms with Gasteiger partial charge in [-0.15, -0.1) is 11.8 Å². The maximum absolute atomic E-state index is 11.2. The molecule has 94 valence electrons. The molecule has 0 aliphatic rings. The third-order valence-corrected chi connectivity index (χ3v) is 4.68. The van der Waals surface area contributed by atoms with Gasteiger partial charge in [0.05, 0.1) is 10.7 Å². The number of benzene rings is 1. The normalized spacial score (nSPS) is 13.3. The lowest BCUT2D eigenvalue weighted by Gasteiger charge is -2.08. The highest BCUT2D eigenvalue weighted by Gasteiger charge is 2.08. The number of hydrogen-bond donors (Lipinski definition) is 2. The number of nitrogens with one attached hydrogen (secondary N) is 1. The minimum Gasteiger partial charge on any atom is -0.387 e. The van der Waals surface area contributed by atoms with E-state index in [4.69, 9.17) is 11.1 Å². The molecular weight excluding hydrogens is 256 g/mol. The number of hydrogen-bond acceptors (Lipinski definition) is 4. The Morgan fingerprint density at radius 2 is 1.94 bits per heavy atom. The summed E-state index contributed by atoms with van der Waals surface area (Å²) in [6, 6.07) is 6.73. The third-order valence-electron chi connectivity index (χ3n) is 2.28. The number of amidine groups is 1. The van der Waals surface area contributed by atoms with Crippen molar-refractivity contribution < 1.29 is 8.42 Å². The van der Waals surface area contributed by atoms with E-state index in [1.165, 1.54) is 6.26 Å². The molecule has 3 N–H and O–H groups in total. The Labute approximate surface area is 106 Å². The first kappa shape index (κ1) is 14.1. The summed E-state index contributed by atoms with van der Waals surface area (Å²) >= 11 is 1.56. The molecule has 0 bridgehead atoms. The molecule has 0 saturated heterocycles. The van der Waals surface area contributed by atoms with Crippen LogP contribution < -0.4 is 5.73 Å². The molecule has 0 saturated carbocycles. The van der Waals surface area contributed by atoms with Gasteiger partial charge in [0.15, 0.2) is 9.84 Å². The minimum atomic E-state index is -3.13. The van der Waals surface area contributed by atoms with Gasteiger partial charge in [-0.3, -0.25) is 5.41 Å². The smallest absolute Gasteiger partial charge is 0.175 e. The maximum atomic E-state index is 11.2. The number of nitrogens with two attached hydrogens (primary N) is 1. The van der Waals surface area contributed by atoms with Crippen LogP contribution in [0, 0.1) is 11.3 Å². The van der Waals surface area contributed by atoms with E-state index in [2.05, 4.69) is 0 Å². The van der Waals surface area contributed by atoms with Gasteiger partial charge in [-0.1, -0.05) is 6.92 Å². The summed E-state index contributed by atoms with van der Waals surface area (Å²) in [6.07, 6.45) is 1.19. The zero-order chi connectivity index (χ0) is 13.1. The summed E-state index contributed by atoms with van der Waals surface area (Å²) in [5.41, 5.74) is 5.37. The predicted molar refractivity (Wildman–Crippen MR) is 71.4 cm³/mol. The van der Waals surface area contributed by atoms with E-state index in [9.17, 15) is 8.42 Å². The standard InChI is InChI=1S/C11H16N2O2S2/c1-8(11(12)13)7-16-9-3-5-10(6-4-9)17(2,14)15/h3-6,8H,7H2,1-2H3,(H3,12,13). The Bertz CT molecular complexity index is 495. The first-order chi connectivity index (χ1) is 7.80. The second kappa shape index (κ2) is 5.55. The van der Waals surface area contributed by atoms with Crippen molar-refractivity contribution >= 4 is 27.4 Å². The highest BCUT2D eigenvalue weighted by molar-refractivity contribution is 7.99. The van der Waals surface area contributed by atoms with E-state index in [1.807, 2.05) is 6.92 Å². The molecule has 4 nitrogen and oxygen atoms in total. The molecule has 1 aromatic rings. The average molecular weight is 272 g/mol. The molecule has 0 radical (unpaired) electrons. The lowest BCUT2D eigenvalue weighted by molar-refractivity contribution is 0.602. The van der Waals surface area contributed by atoms with Crippen molar-refractivity contribution in [1.82, 2.24) is 0 Å². The zero-order valence-corrected chi connectivity index (χ0v) is 11.4. The predicted octanol–water partition coefficient (Wildman–Crippen LogP) is 1.75. The van der Waals surface area contributed by atoms with Crippen molar-refractivity contribution in [2.75, 3.05) is 12.0 Å². The Hall–Kier alpha value is -1.01. The average Bonchev–Trinajstić information content (AvgIpc) is 2.25. The van der Waals surface area contributed by atoms with Crippen LogP contribution in [0.25, 0.3) is 0 Å². The van der Waals surface area contributed by atoms with Crippen LogP contribution in [0.3, 0.4) is 0 Å². The van der Waals surface area contributed by atoms with Crippen LogP contribution in [0.1, 0.15) is 6.92 Å². The van der Waals surface area contributed by atoms with Gasteiger partial charge in [0, 0.05) is 22.8 Å². The molecule has 1 atom stereocenters. The van der Waals surface area contributed by atoms with Gasteiger partial charge < -0.3 is 5.73 Å². The number of thioether (sulfide) groups is 1. The van der Waals surface area contributed by atoms with Crippen LogP contribution >= 0.6 is 11.8 Å². The molecule has 1 unspecified atom stereocenters. The molecule has 0 heterocycles. The highest BCUT2D eigenvalue weighted by Crippen LogP contribution is 2.22. The SMILES string of the molecule is CC(CSc1ccc(S(C)(=O)=O)cc1)C(=N)N. The first-order valence-corrected chi connectivity index (χ1v) is 7.95. The molecule has 0 aliphatic heterocycles. The van der Waals surface area contributed by atoms with Gasteiger partial charge in [0.1, 0.15) is 0 Å². The van der Waals surface area contributed by atoms with Crippen LogP contribution in [0.2, 0.25) is 0 Å². The summed E-state index contributed by atoms with van der Waals surface area (Å²) in [4.78, 5) is 1.30. The van der Waals surface area contributed by atoms with Gasteiger partial charge in [-0.25, -0.2) is 8.42 Å². The van der Waals surface area contributed by atoms with Crippen molar-refractivity contribution in [2.45, 2.75) is 16.7 Å². The van der Waals surface area contributed by atoms with Crippen LogP contribution in [0.5, 0.6) is 0 Å². The maximum Gasteiger partial charge on any atom is 0.175 e. The first-order valence-electron chi connectivity index (χ1n) is 5.07. The highest BCUT2D eigenvalue weighted by atomic mass is 32.2. The van der Waals surface area contributed by atoms with Gasteiger partial charge in [-0.05, 0) is 24.3 Å². The van der Waals surface area contributed by atoms with E-state index in [0.29, 0.717) is 10.6 Å². The Morgan fingerprint density at radius 3 is 2.35 bits per heavy atom. The summed E-state index contributed by atoms with van der Waals surface area (Å²) < 4.78 is 22.5. The van der Waals surface area contributed by atoms with Crippen molar-refractivity contribution in [3.8, 4) is 0 Å². The van der Waals surface area contributed by atoms with Crippen molar-refractivity contribution in [3.63, 3.8) is 0 Å². The summed E-state index contributed by atoms with van der Waals surface area (Å²) in [7, 11) is -3.13. The van der Waals surface area contributed by atoms with Gasteiger partial charge >= 0.3 is 0 Å². The Morgan fingerprint density at radius 1 is 1.41 bits per heavy atom. The van der Waals surface area contributed by atoms with Crippen molar-refractivity contribution in [1.29, 1.82) is 5.41 Å². The zero-order valence-electron chi connectivity index (χ0n) is 9.80. The van der Waals surface area contributed by atoms with E-state index < -0.39 is 9.84 Å². The third kappa shape index (κ3) is 4.40. The second-order valence-corrected chi connectivity index (χ2v) is 7.02. The van der Waals surface area contributed by atoms with E-state index >= 15 is 0 Å². The molecular formula is C11H16N2O2S2. The van der Waals surface area contributed by atoms with Gasteiger partial charge in [-0.2, -0.15) is 0 Å². The molecule has 0 aromatic heterocycles. The lowest BCUT2D eigenvalue weighted by atomic mass is 10.2. The van der Waals surface area contributed by atoms with Crippen LogP contribution in [-0.2, 0) is 9.84 Å². The molecule has 0 amide bonds. The molecule has 0 aliphatic carbocycles. The van der Waals surface area contributed by atoms with Crippen molar-refractivity contribution in [2.24, 2.45) is 11.7 Å². The largest absolute Gasteiger partial charge is 0.387 e.